The molecule has 0 aromatic heterocycles. The van der Waals surface area contributed by atoms with E-state index in [1.807, 2.05) is 13.0 Å². The monoisotopic (exact) mass is 508 g/mol. The molecular weight excluding hydrogens is 476 g/mol. The number of nitrogens with one attached hydrogen (secondary N) is 3. The van der Waals surface area contributed by atoms with Gasteiger partial charge in [-0.15, -0.1) is 0 Å². The molecule has 190 valence electrons. The minimum atomic E-state index is -3.68. The lowest BCUT2D eigenvalue weighted by Gasteiger charge is -2.28. The number of aryl methyl sites for hydroxylation is 1. The molecule has 4 unspecified atom stereocenters. The molecule has 2 aromatic rings. The Balaban J connectivity index is 1.36. The fourth-order valence-electron chi connectivity index (χ4n) is 5.57. The lowest BCUT2D eigenvalue weighted by atomic mass is 9.84. The highest BCUT2D eigenvalue weighted by molar-refractivity contribution is 7.89. The number of benzene rings is 2. The SMILES string of the molecule is C#CNN(CC(=O)Nc1ccc(S(=O)(=O)NC(C)C2CC3CCC2C3)cc1)C(=O)c1ccccc1C. The van der Waals surface area contributed by atoms with Crippen LogP contribution < -0.4 is 15.5 Å². The molecule has 0 heterocycles. The third-order valence-electron chi connectivity index (χ3n) is 7.35. The van der Waals surface area contributed by atoms with Crippen molar-refractivity contribution < 1.29 is 18.0 Å². The second-order valence-corrected chi connectivity index (χ2v) is 11.5. The van der Waals surface area contributed by atoms with E-state index in [-0.39, 0.29) is 17.5 Å². The summed E-state index contributed by atoms with van der Waals surface area (Å²) in [5.74, 6) is 0.829. The van der Waals surface area contributed by atoms with E-state index >= 15 is 0 Å². The Kier molecular flexibility index (Phi) is 7.67. The average molecular weight is 509 g/mol. The molecule has 0 saturated heterocycles. The molecular formula is C27H32N4O4S. The van der Waals surface area contributed by atoms with Crippen LogP contribution in [0.3, 0.4) is 0 Å². The normalized spacial score (nSPS) is 21.4. The molecule has 0 radical (unpaired) electrons. The van der Waals surface area contributed by atoms with Crippen LogP contribution in [-0.4, -0.2) is 37.8 Å². The molecule has 4 atom stereocenters. The zero-order chi connectivity index (χ0) is 25.9. The van der Waals surface area contributed by atoms with Crippen molar-refractivity contribution >= 4 is 27.5 Å². The van der Waals surface area contributed by atoms with Crippen LogP contribution in [0, 0.1) is 37.1 Å². The van der Waals surface area contributed by atoms with Crippen molar-refractivity contribution in [3.63, 3.8) is 0 Å². The van der Waals surface area contributed by atoms with Gasteiger partial charge in [0, 0.05) is 23.3 Å². The summed E-state index contributed by atoms with van der Waals surface area (Å²) in [5, 5.41) is 3.73. The van der Waals surface area contributed by atoms with Crippen LogP contribution in [0.2, 0.25) is 0 Å². The molecule has 2 saturated carbocycles. The van der Waals surface area contributed by atoms with Gasteiger partial charge in [0.25, 0.3) is 5.91 Å². The number of hydrazine groups is 1. The number of terminal acetylenes is 1. The number of nitrogens with zero attached hydrogens (tertiary/aromatic N) is 1. The fourth-order valence-corrected chi connectivity index (χ4v) is 6.86. The molecule has 0 aliphatic heterocycles. The first kappa shape index (κ1) is 25.7. The Bertz CT molecular complexity index is 1270. The van der Waals surface area contributed by atoms with E-state index in [2.05, 4.69) is 21.5 Å². The maximum Gasteiger partial charge on any atom is 0.273 e. The van der Waals surface area contributed by atoms with Crippen molar-refractivity contribution in [2.75, 3.05) is 11.9 Å². The molecule has 2 amide bonds. The second kappa shape index (κ2) is 10.7. The minimum absolute atomic E-state index is 0.120. The van der Waals surface area contributed by atoms with Crippen LogP contribution in [0.5, 0.6) is 0 Å². The average Bonchev–Trinajstić information content (AvgIpc) is 3.48. The van der Waals surface area contributed by atoms with Gasteiger partial charge in [-0.3, -0.25) is 15.0 Å². The van der Waals surface area contributed by atoms with Crippen LogP contribution in [0.1, 0.15) is 48.5 Å². The minimum Gasteiger partial charge on any atom is -0.324 e. The highest BCUT2D eigenvalue weighted by Gasteiger charge is 2.42. The van der Waals surface area contributed by atoms with Crippen LogP contribution in [0.15, 0.2) is 53.4 Å². The number of sulfonamides is 1. The van der Waals surface area contributed by atoms with Crippen molar-refractivity contribution in [3.8, 4) is 12.5 Å². The third kappa shape index (κ3) is 5.72. The van der Waals surface area contributed by atoms with E-state index in [0.717, 1.165) is 22.9 Å². The Morgan fingerprint density at radius 2 is 1.83 bits per heavy atom. The molecule has 8 nitrogen and oxygen atoms in total. The first-order valence-electron chi connectivity index (χ1n) is 12.2. The standard InChI is InChI=1S/C27H32N4O4S/c1-4-28-31(27(33)24-8-6-5-7-18(24)2)17-26(32)29-22-11-13-23(14-12-22)36(34,35)30-19(3)25-16-20-9-10-21(25)15-20/h1,5-8,11-14,19-21,25,28,30H,9-10,15-17H2,2-3H3,(H,29,32). The molecule has 2 aliphatic rings. The van der Waals surface area contributed by atoms with E-state index in [1.54, 1.807) is 25.1 Å². The van der Waals surface area contributed by atoms with Gasteiger partial charge in [-0.1, -0.05) is 31.0 Å². The Morgan fingerprint density at radius 1 is 1.11 bits per heavy atom. The lowest BCUT2D eigenvalue weighted by molar-refractivity contribution is -0.117. The van der Waals surface area contributed by atoms with Crippen LogP contribution in [-0.2, 0) is 14.8 Å². The summed E-state index contributed by atoms with van der Waals surface area (Å²) >= 11 is 0. The van der Waals surface area contributed by atoms with Gasteiger partial charge in [-0.25, -0.2) is 18.1 Å². The molecule has 4 rings (SSSR count). The number of carbonyl (C=O) groups is 2. The molecule has 2 aliphatic carbocycles. The van der Waals surface area contributed by atoms with Gasteiger partial charge in [0.15, 0.2) is 0 Å². The highest BCUT2D eigenvalue weighted by Crippen LogP contribution is 2.49. The zero-order valence-electron chi connectivity index (χ0n) is 20.5. The predicted molar refractivity (Wildman–Crippen MR) is 138 cm³/mol. The maximum absolute atomic E-state index is 12.9. The number of anilines is 1. The van der Waals surface area contributed by atoms with E-state index in [0.29, 0.717) is 23.1 Å². The fraction of sp³-hybridized carbons (Fsp3) is 0.407. The number of carbonyl (C=O) groups excluding carboxylic acids is 2. The number of hydrogen-bond acceptors (Lipinski definition) is 5. The van der Waals surface area contributed by atoms with E-state index in [4.69, 9.17) is 6.42 Å². The smallest absolute Gasteiger partial charge is 0.273 e. The van der Waals surface area contributed by atoms with Gasteiger partial charge in [0.05, 0.1) is 4.90 Å². The lowest BCUT2D eigenvalue weighted by Crippen LogP contribution is -2.45. The van der Waals surface area contributed by atoms with Gasteiger partial charge in [-0.05, 0) is 86.8 Å². The van der Waals surface area contributed by atoms with Crippen molar-refractivity contribution in [1.29, 1.82) is 0 Å². The van der Waals surface area contributed by atoms with Crippen LogP contribution >= 0.6 is 0 Å². The summed E-state index contributed by atoms with van der Waals surface area (Å²) in [6.45, 7) is 3.41. The van der Waals surface area contributed by atoms with Crippen molar-refractivity contribution in [3.05, 3.63) is 59.7 Å². The first-order valence-corrected chi connectivity index (χ1v) is 13.7. The van der Waals surface area contributed by atoms with Crippen molar-refractivity contribution in [1.82, 2.24) is 15.2 Å². The van der Waals surface area contributed by atoms with Gasteiger partial charge in [0.2, 0.25) is 15.9 Å². The quantitative estimate of drug-likeness (QED) is 0.274. The van der Waals surface area contributed by atoms with Gasteiger partial charge in [0.1, 0.15) is 6.54 Å². The summed E-state index contributed by atoms with van der Waals surface area (Å²) < 4.78 is 28.7. The summed E-state index contributed by atoms with van der Waals surface area (Å²) in [5.41, 5.74) is 4.06. The van der Waals surface area contributed by atoms with Crippen molar-refractivity contribution in [2.24, 2.45) is 17.8 Å². The van der Waals surface area contributed by atoms with Gasteiger partial charge in [-0.2, -0.15) is 0 Å². The number of hydrogen-bond donors (Lipinski definition) is 3. The molecule has 36 heavy (non-hydrogen) atoms. The molecule has 2 fully saturated rings. The molecule has 2 bridgehead atoms. The number of amides is 2. The summed E-state index contributed by atoms with van der Waals surface area (Å²) in [4.78, 5) is 25.6. The zero-order valence-corrected chi connectivity index (χ0v) is 21.3. The Morgan fingerprint density at radius 3 is 2.44 bits per heavy atom. The third-order valence-corrected chi connectivity index (χ3v) is 8.92. The van der Waals surface area contributed by atoms with Gasteiger partial charge >= 0.3 is 0 Å². The first-order chi connectivity index (χ1) is 17.2. The molecule has 3 N–H and O–H groups in total. The molecule has 9 heteroatoms. The van der Waals surface area contributed by atoms with Crippen LogP contribution in [0.4, 0.5) is 5.69 Å². The Labute approximate surface area is 212 Å². The summed E-state index contributed by atoms with van der Waals surface area (Å²) in [7, 11) is -3.68. The second-order valence-electron chi connectivity index (χ2n) is 9.78. The van der Waals surface area contributed by atoms with E-state index < -0.39 is 21.8 Å². The largest absolute Gasteiger partial charge is 0.324 e. The molecule has 2 aromatic carbocycles. The molecule has 0 spiro atoms. The Hall–Kier alpha value is -3.35. The van der Waals surface area contributed by atoms with Crippen molar-refractivity contribution in [2.45, 2.75) is 50.5 Å². The van der Waals surface area contributed by atoms with E-state index in [1.165, 1.54) is 43.5 Å². The van der Waals surface area contributed by atoms with E-state index in [9.17, 15) is 18.0 Å². The van der Waals surface area contributed by atoms with Gasteiger partial charge < -0.3 is 5.32 Å². The predicted octanol–water partition coefficient (Wildman–Crippen LogP) is 3.27. The summed E-state index contributed by atoms with van der Waals surface area (Å²) in [6.07, 6.45) is 10.1. The summed E-state index contributed by atoms with van der Waals surface area (Å²) in [6, 6.07) is 15.0. The topological polar surface area (TPSA) is 108 Å². The number of fused-ring (bicyclic) bond motifs is 2. The van der Waals surface area contributed by atoms with Crippen LogP contribution in [0.25, 0.3) is 0 Å². The number of rotatable bonds is 9. The highest BCUT2D eigenvalue weighted by atomic mass is 32.2. The maximum atomic E-state index is 12.9.